The minimum Gasteiger partial charge on any atom is -0.372 e. The summed E-state index contributed by atoms with van der Waals surface area (Å²) in [7, 11) is 0. The molecule has 2 aromatic heterocycles. The largest absolute Gasteiger partial charge is 0.372 e. The number of nitrogens with one attached hydrogen (secondary N) is 2. The lowest BCUT2D eigenvalue weighted by Crippen LogP contribution is -2.39. The highest BCUT2D eigenvalue weighted by Gasteiger charge is 2.21. The van der Waals surface area contributed by atoms with Gasteiger partial charge in [0.05, 0.1) is 11.9 Å². The van der Waals surface area contributed by atoms with Crippen LogP contribution in [0.4, 0.5) is 21.3 Å². The fourth-order valence-corrected chi connectivity index (χ4v) is 5.22. The average molecular weight is 503 g/mol. The minimum absolute atomic E-state index is 0.193. The number of rotatable bonds is 5. The smallest absolute Gasteiger partial charge is 0.323 e. The molecule has 2 saturated heterocycles. The number of aromatic nitrogens is 2. The third-order valence-electron chi connectivity index (χ3n) is 6.52. The van der Waals surface area contributed by atoms with Crippen LogP contribution in [-0.4, -0.2) is 53.0 Å². The lowest BCUT2D eigenvalue weighted by atomic mass is 10.0. The van der Waals surface area contributed by atoms with E-state index in [2.05, 4.69) is 43.7 Å². The number of urea groups is 1. The highest BCUT2D eigenvalue weighted by atomic mass is 32.1. The zero-order valence-electron chi connectivity index (χ0n) is 20.2. The van der Waals surface area contributed by atoms with Gasteiger partial charge in [0.2, 0.25) is 0 Å². The van der Waals surface area contributed by atoms with Gasteiger partial charge in [-0.1, -0.05) is 23.0 Å². The van der Waals surface area contributed by atoms with Gasteiger partial charge in [0.1, 0.15) is 4.88 Å². The molecule has 5 rings (SSSR count). The summed E-state index contributed by atoms with van der Waals surface area (Å²) in [6.45, 7) is 3.44. The second-order valence-electron chi connectivity index (χ2n) is 9.05. The number of amides is 3. The Hall–Kier alpha value is -3.72. The molecule has 2 aliphatic rings. The first kappa shape index (κ1) is 24.0. The van der Waals surface area contributed by atoms with Gasteiger partial charge in [0, 0.05) is 43.8 Å². The molecule has 2 aliphatic heterocycles. The third-order valence-corrected chi connectivity index (χ3v) is 7.43. The number of thiazole rings is 1. The standard InChI is InChI=1S/C27H30N6O2S/c34-25(30-21-7-9-23(10-8-21)32-14-4-1-5-15-32)24-19-29-26(36-24)31-27(35)33-16-11-20(12-17-33)18-22-6-2-3-13-28-22/h2-3,6-10,13,18-19H,1,4-5,11-12,14-17H2,(H,30,34)(H,29,31,35). The number of hydrogen-bond donors (Lipinski definition) is 2. The van der Waals surface area contributed by atoms with Gasteiger partial charge >= 0.3 is 6.03 Å². The molecule has 4 heterocycles. The monoisotopic (exact) mass is 502 g/mol. The lowest BCUT2D eigenvalue weighted by molar-refractivity contribution is 0.103. The Morgan fingerprint density at radius 2 is 1.67 bits per heavy atom. The summed E-state index contributed by atoms with van der Waals surface area (Å²) in [6, 6.07) is 13.6. The summed E-state index contributed by atoms with van der Waals surface area (Å²) in [5.74, 6) is -0.235. The van der Waals surface area contributed by atoms with Crippen LogP contribution >= 0.6 is 11.3 Å². The van der Waals surface area contributed by atoms with Crippen LogP contribution in [0.1, 0.15) is 47.5 Å². The highest BCUT2D eigenvalue weighted by Crippen LogP contribution is 2.24. The minimum atomic E-state index is -0.235. The lowest BCUT2D eigenvalue weighted by Gasteiger charge is -2.28. The van der Waals surface area contributed by atoms with Crippen molar-refractivity contribution in [3.63, 3.8) is 0 Å². The predicted octanol–water partition coefficient (Wildman–Crippen LogP) is 5.49. The van der Waals surface area contributed by atoms with Gasteiger partial charge in [-0.2, -0.15) is 0 Å². The van der Waals surface area contributed by atoms with Crippen molar-refractivity contribution >= 4 is 45.9 Å². The van der Waals surface area contributed by atoms with E-state index in [1.165, 1.54) is 48.1 Å². The van der Waals surface area contributed by atoms with Crippen LogP contribution in [0.25, 0.3) is 6.08 Å². The van der Waals surface area contributed by atoms with Gasteiger partial charge in [0.25, 0.3) is 5.91 Å². The maximum atomic E-state index is 12.7. The van der Waals surface area contributed by atoms with E-state index in [0.717, 1.165) is 37.3 Å². The van der Waals surface area contributed by atoms with Gasteiger partial charge in [-0.3, -0.25) is 15.1 Å². The van der Waals surface area contributed by atoms with Crippen LogP contribution in [0.5, 0.6) is 0 Å². The Bertz CT molecular complexity index is 1210. The second kappa shape index (κ2) is 11.3. The number of anilines is 3. The average Bonchev–Trinajstić information content (AvgIpc) is 3.39. The number of pyridine rings is 1. The van der Waals surface area contributed by atoms with Crippen LogP contribution in [0.3, 0.4) is 0 Å². The number of carbonyl (C=O) groups is 2. The maximum absolute atomic E-state index is 12.7. The van der Waals surface area contributed by atoms with E-state index in [-0.39, 0.29) is 11.9 Å². The third kappa shape index (κ3) is 6.09. The summed E-state index contributed by atoms with van der Waals surface area (Å²) in [6.07, 6.45) is 10.8. The van der Waals surface area contributed by atoms with Gasteiger partial charge < -0.3 is 15.1 Å². The summed E-state index contributed by atoms with van der Waals surface area (Å²) in [5.41, 5.74) is 4.15. The number of likely N-dealkylation sites (tertiary alicyclic amines) is 1. The normalized spacial score (nSPS) is 15.9. The number of nitrogens with zero attached hydrogens (tertiary/aromatic N) is 4. The van der Waals surface area contributed by atoms with E-state index in [4.69, 9.17) is 0 Å². The zero-order chi connectivity index (χ0) is 24.7. The van der Waals surface area contributed by atoms with Crippen LogP contribution < -0.4 is 15.5 Å². The van der Waals surface area contributed by atoms with Crippen LogP contribution in [0.2, 0.25) is 0 Å². The summed E-state index contributed by atoms with van der Waals surface area (Å²) in [4.78, 5) is 38.6. The Morgan fingerprint density at radius 1 is 0.889 bits per heavy atom. The number of piperidine rings is 2. The van der Waals surface area contributed by atoms with Gasteiger partial charge in [0.15, 0.2) is 5.13 Å². The van der Waals surface area contributed by atoms with Crippen molar-refractivity contribution in [1.29, 1.82) is 0 Å². The van der Waals surface area contributed by atoms with E-state index in [9.17, 15) is 9.59 Å². The Morgan fingerprint density at radius 3 is 2.39 bits per heavy atom. The molecule has 0 aliphatic carbocycles. The van der Waals surface area contributed by atoms with Crippen molar-refractivity contribution in [3.05, 3.63) is 71.0 Å². The molecule has 0 bridgehead atoms. The Labute approximate surface area is 215 Å². The molecule has 1 aromatic carbocycles. The predicted molar refractivity (Wildman–Crippen MR) is 145 cm³/mol. The maximum Gasteiger partial charge on any atom is 0.323 e. The number of carbonyl (C=O) groups excluding carboxylic acids is 2. The first-order chi connectivity index (χ1) is 17.6. The van der Waals surface area contributed by atoms with Crippen LogP contribution in [-0.2, 0) is 0 Å². The van der Waals surface area contributed by atoms with E-state index in [1.54, 1.807) is 11.1 Å². The van der Waals surface area contributed by atoms with Gasteiger partial charge in [-0.25, -0.2) is 9.78 Å². The summed E-state index contributed by atoms with van der Waals surface area (Å²) >= 11 is 1.17. The van der Waals surface area contributed by atoms with Gasteiger partial charge in [-0.05, 0) is 74.6 Å². The molecule has 2 N–H and O–H groups in total. The first-order valence-electron chi connectivity index (χ1n) is 12.4. The molecule has 3 amide bonds. The molecule has 36 heavy (non-hydrogen) atoms. The first-order valence-corrected chi connectivity index (χ1v) is 13.2. The van der Waals surface area contributed by atoms with Crippen molar-refractivity contribution in [3.8, 4) is 0 Å². The van der Waals surface area contributed by atoms with Crippen molar-refractivity contribution in [2.75, 3.05) is 41.7 Å². The molecule has 2 fully saturated rings. The molecular weight excluding hydrogens is 472 g/mol. The van der Waals surface area contributed by atoms with Crippen molar-refractivity contribution < 1.29 is 9.59 Å². The summed E-state index contributed by atoms with van der Waals surface area (Å²) < 4.78 is 0. The summed E-state index contributed by atoms with van der Waals surface area (Å²) in [5, 5.41) is 6.17. The quantitative estimate of drug-likeness (QED) is 0.481. The Kier molecular flexibility index (Phi) is 7.56. The van der Waals surface area contributed by atoms with E-state index >= 15 is 0 Å². The van der Waals surface area contributed by atoms with E-state index < -0.39 is 0 Å². The number of hydrogen-bond acceptors (Lipinski definition) is 6. The van der Waals surface area contributed by atoms with E-state index in [0.29, 0.717) is 23.1 Å². The number of benzene rings is 1. The molecular formula is C27H30N6O2S. The molecule has 3 aromatic rings. The molecule has 9 heteroatoms. The fourth-order valence-electron chi connectivity index (χ4n) is 4.52. The van der Waals surface area contributed by atoms with E-state index in [1.807, 2.05) is 30.3 Å². The van der Waals surface area contributed by atoms with Crippen molar-refractivity contribution in [2.24, 2.45) is 0 Å². The van der Waals surface area contributed by atoms with Crippen LogP contribution in [0.15, 0.2) is 60.4 Å². The molecule has 0 atom stereocenters. The molecule has 0 unspecified atom stereocenters. The second-order valence-corrected chi connectivity index (χ2v) is 10.1. The van der Waals surface area contributed by atoms with Gasteiger partial charge in [-0.15, -0.1) is 0 Å². The molecule has 0 saturated carbocycles. The zero-order valence-corrected chi connectivity index (χ0v) is 21.0. The molecule has 0 radical (unpaired) electrons. The fraction of sp³-hybridized carbons (Fsp3) is 0.333. The SMILES string of the molecule is O=C(Nc1ccc(N2CCCCC2)cc1)c1cnc(NC(=O)N2CCC(=Cc3ccccn3)CC2)s1. The highest BCUT2D eigenvalue weighted by molar-refractivity contribution is 7.17. The topological polar surface area (TPSA) is 90.5 Å². The van der Waals surface area contributed by atoms with Crippen LogP contribution in [0, 0.1) is 0 Å². The van der Waals surface area contributed by atoms with Crippen molar-refractivity contribution in [1.82, 2.24) is 14.9 Å². The molecule has 0 spiro atoms. The molecule has 186 valence electrons. The van der Waals surface area contributed by atoms with Crippen molar-refractivity contribution in [2.45, 2.75) is 32.1 Å². The molecule has 8 nitrogen and oxygen atoms in total. The Balaban J connectivity index is 1.11.